The number of benzene rings is 1. The van der Waals surface area contributed by atoms with Gasteiger partial charge >= 0.3 is 6.18 Å². The fourth-order valence-electron chi connectivity index (χ4n) is 1.19. The number of anilines is 1. The molecular weight excluding hydrogens is 235 g/mol. The highest BCUT2D eigenvalue weighted by Crippen LogP contribution is 2.16. The molecule has 1 aromatic carbocycles. The smallest absolute Gasteiger partial charge is 0.411 e. The minimum absolute atomic E-state index is 0.00325. The molecule has 96 valence electrons. The van der Waals surface area contributed by atoms with Crippen LogP contribution in [0, 0.1) is 0 Å². The van der Waals surface area contributed by atoms with Gasteiger partial charge in [0.1, 0.15) is 12.4 Å². The maximum atomic E-state index is 11.7. The molecule has 0 unspecified atom stereocenters. The van der Waals surface area contributed by atoms with Gasteiger partial charge in [-0.2, -0.15) is 13.2 Å². The fourth-order valence-corrected chi connectivity index (χ4v) is 1.19. The van der Waals surface area contributed by atoms with Crippen LogP contribution in [-0.4, -0.2) is 33.0 Å². The van der Waals surface area contributed by atoms with E-state index in [1.54, 1.807) is 31.4 Å². The van der Waals surface area contributed by atoms with Crippen molar-refractivity contribution in [1.29, 1.82) is 0 Å². The van der Waals surface area contributed by atoms with Crippen LogP contribution in [0.2, 0.25) is 0 Å². The first kappa shape index (κ1) is 13.6. The number of rotatable bonds is 6. The highest BCUT2D eigenvalue weighted by molar-refractivity contribution is 5.47. The van der Waals surface area contributed by atoms with E-state index in [1.165, 1.54) is 0 Å². The lowest BCUT2D eigenvalue weighted by Gasteiger charge is -2.09. The Morgan fingerprint density at radius 3 is 2.71 bits per heavy atom. The predicted molar refractivity (Wildman–Crippen MR) is 58.4 cm³/mol. The van der Waals surface area contributed by atoms with E-state index in [4.69, 9.17) is 4.74 Å². The summed E-state index contributed by atoms with van der Waals surface area (Å²) in [6, 6.07) is 7.12. The van der Waals surface area contributed by atoms with Crippen LogP contribution >= 0.6 is 0 Å². The molecule has 0 aliphatic heterocycles. The van der Waals surface area contributed by atoms with Crippen molar-refractivity contribution in [3.63, 3.8) is 0 Å². The predicted octanol–water partition coefficient (Wildman–Crippen LogP) is 2.69. The van der Waals surface area contributed by atoms with Gasteiger partial charge in [0.05, 0.1) is 13.7 Å². The van der Waals surface area contributed by atoms with Gasteiger partial charge in [-0.05, 0) is 12.1 Å². The zero-order valence-electron chi connectivity index (χ0n) is 9.38. The monoisotopic (exact) mass is 249 g/mol. The Bertz CT molecular complexity index is 342. The molecule has 0 spiro atoms. The van der Waals surface area contributed by atoms with E-state index < -0.39 is 12.8 Å². The second kappa shape index (κ2) is 6.34. The number of hydrogen-bond donors (Lipinski definition) is 1. The molecule has 0 amide bonds. The Balaban J connectivity index is 2.22. The maximum Gasteiger partial charge on any atom is 0.411 e. The van der Waals surface area contributed by atoms with Crippen LogP contribution in [0.3, 0.4) is 0 Å². The van der Waals surface area contributed by atoms with Crippen LogP contribution in [-0.2, 0) is 4.74 Å². The molecule has 0 saturated heterocycles. The number of hydrogen-bond acceptors (Lipinski definition) is 3. The molecule has 1 rings (SSSR count). The molecule has 0 radical (unpaired) electrons. The maximum absolute atomic E-state index is 11.7. The molecule has 17 heavy (non-hydrogen) atoms. The second-order valence-corrected chi connectivity index (χ2v) is 3.33. The molecule has 0 fully saturated rings. The Morgan fingerprint density at radius 1 is 1.29 bits per heavy atom. The minimum atomic E-state index is -4.27. The van der Waals surface area contributed by atoms with Gasteiger partial charge in [-0.1, -0.05) is 6.07 Å². The lowest BCUT2D eigenvalue weighted by atomic mass is 10.3. The molecule has 0 heterocycles. The molecule has 0 aliphatic carbocycles. The summed E-state index contributed by atoms with van der Waals surface area (Å²) in [7, 11) is 1.55. The van der Waals surface area contributed by atoms with E-state index in [9.17, 15) is 13.2 Å². The summed E-state index contributed by atoms with van der Waals surface area (Å²) >= 11 is 0. The molecule has 0 bridgehead atoms. The van der Waals surface area contributed by atoms with Crippen molar-refractivity contribution in [2.24, 2.45) is 0 Å². The van der Waals surface area contributed by atoms with Gasteiger partial charge in [0.25, 0.3) is 0 Å². The summed E-state index contributed by atoms with van der Waals surface area (Å²) in [5.74, 6) is 0.686. The van der Waals surface area contributed by atoms with E-state index in [0.717, 1.165) is 5.69 Å². The van der Waals surface area contributed by atoms with Crippen molar-refractivity contribution in [3.05, 3.63) is 24.3 Å². The van der Waals surface area contributed by atoms with Crippen LogP contribution in [0.1, 0.15) is 0 Å². The number of nitrogens with one attached hydrogen (secondary N) is 1. The summed E-state index contributed by atoms with van der Waals surface area (Å²) in [4.78, 5) is 0. The summed E-state index contributed by atoms with van der Waals surface area (Å²) < 4.78 is 44.7. The van der Waals surface area contributed by atoms with E-state index in [2.05, 4.69) is 10.1 Å². The summed E-state index contributed by atoms with van der Waals surface area (Å²) in [6.45, 7) is -0.910. The third-order valence-corrected chi connectivity index (χ3v) is 1.91. The van der Waals surface area contributed by atoms with Gasteiger partial charge in [-0.3, -0.25) is 0 Å². The van der Waals surface area contributed by atoms with Crippen LogP contribution in [0.4, 0.5) is 18.9 Å². The number of methoxy groups -OCH3 is 1. The van der Waals surface area contributed by atoms with Crippen LogP contribution in [0.25, 0.3) is 0 Å². The first-order valence-corrected chi connectivity index (χ1v) is 5.04. The van der Waals surface area contributed by atoms with E-state index >= 15 is 0 Å². The first-order valence-electron chi connectivity index (χ1n) is 5.04. The average molecular weight is 249 g/mol. The third kappa shape index (κ3) is 6.01. The molecule has 0 saturated carbocycles. The molecule has 1 N–H and O–H groups in total. The quantitative estimate of drug-likeness (QED) is 0.786. The summed E-state index contributed by atoms with van der Waals surface area (Å²) in [5, 5.41) is 2.93. The molecule has 6 heteroatoms. The van der Waals surface area contributed by atoms with Gasteiger partial charge in [-0.25, -0.2) is 0 Å². The van der Waals surface area contributed by atoms with Crippen molar-refractivity contribution in [2.75, 3.05) is 32.2 Å². The average Bonchev–Trinajstić information content (AvgIpc) is 2.27. The highest BCUT2D eigenvalue weighted by Gasteiger charge is 2.27. The number of halogens is 3. The normalized spacial score (nSPS) is 11.3. The van der Waals surface area contributed by atoms with Gasteiger partial charge < -0.3 is 14.8 Å². The Labute approximate surface area is 97.5 Å². The van der Waals surface area contributed by atoms with E-state index in [-0.39, 0.29) is 6.61 Å². The SMILES string of the molecule is COc1cccc(NCCOCC(F)(F)F)c1. The molecule has 1 aromatic rings. The van der Waals surface area contributed by atoms with Crippen molar-refractivity contribution >= 4 is 5.69 Å². The van der Waals surface area contributed by atoms with Crippen LogP contribution < -0.4 is 10.1 Å². The largest absolute Gasteiger partial charge is 0.497 e. The molecule has 3 nitrogen and oxygen atoms in total. The lowest BCUT2D eigenvalue weighted by molar-refractivity contribution is -0.172. The van der Waals surface area contributed by atoms with E-state index in [0.29, 0.717) is 12.3 Å². The number of ether oxygens (including phenoxy) is 2. The van der Waals surface area contributed by atoms with Gasteiger partial charge in [0, 0.05) is 18.3 Å². The summed E-state index contributed by atoms with van der Waals surface area (Å²) in [6.07, 6.45) is -4.27. The minimum Gasteiger partial charge on any atom is -0.497 e. The zero-order valence-corrected chi connectivity index (χ0v) is 9.38. The van der Waals surface area contributed by atoms with Gasteiger partial charge in [-0.15, -0.1) is 0 Å². The van der Waals surface area contributed by atoms with Crippen molar-refractivity contribution < 1.29 is 22.6 Å². The molecule has 0 aliphatic rings. The molecule has 0 aromatic heterocycles. The van der Waals surface area contributed by atoms with Crippen molar-refractivity contribution in [1.82, 2.24) is 0 Å². The second-order valence-electron chi connectivity index (χ2n) is 3.33. The van der Waals surface area contributed by atoms with Crippen molar-refractivity contribution in [2.45, 2.75) is 6.18 Å². The van der Waals surface area contributed by atoms with Crippen molar-refractivity contribution in [3.8, 4) is 5.75 Å². The van der Waals surface area contributed by atoms with Gasteiger partial charge in [0.2, 0.25) is 0 Å². The Morgan fingerprint density at radius 2 is 2.06 bits per heavy atom. The standard InChI is InChI=1S/C11H14F3NO2/c1-16-10-4-2-3-9(7-10)15-5-6-17-8-11(12,13)14/h2-4,7,15H,5-6,8H2,1H3. The number of alkyl halides is 3. The topological polar surface area (TPSA) is 30.5 Å². The first-order chi connectivity index (χ1) is 8.01. The lowest BCUT2D eigenvalue weighted by Crippen LogP contribution is -2.20. The fraction of sp³-hybridized carbons (Fsp3) is 0.455. The summed E-state index contributed by atoms with van der Waals surface area (Å²) in [5.41, 5.74) is 0.778. The zero-order chi connectivity index (χ0) is 12.7. The van der Waals surface area contributed by atoms with Crippen LogP contribution in [0.15, 0.2) is 24.3 Å². The Hall–Kier alpha value is -1.43. The van der Waals surface area contributed by atoms with Crippen LogP contribution in [0.5, 0.6) is 5.75 Å². The Kier molecular flexibility index (Phi) is 5.09. The van der Waals surface area contributed by atoms with E-state index in [1.807, 2.05) is 0 Å². The molecule has 0 atom stereocenters. The highest BCUT2D eigenvalue weighted by atomic mass is 19.4. The third-order valence-electron chi connectivity index (χ3n) is 1.91. The molecular formula is C11H14F3NO2. The van der Waals surface area contributed by atoms with Gasteiger partial charge in [0.15, 0.2) is 0 Å².